The molecule has 0 amide bonds. The molecule has 1 heterocycles. The van der Waals surface area contributed by atoms with Gasteiger partial charge in [-0.3, -0.25) is 0 Å². The lowest BCUT2D eigenvalue weighted by atomic mass is 10.1. The number of benzene rings is 1. The molecule has 5 nitrogen and oxygen atoms in total. The fraction of sp³-hybridized carbons (Fsp3) is 0.333. The molecule has 5 heteroatoms. The van der Waals surface area contributed by atoms with Crippen molar-refractivity contribution in [1.29, 1.82) is 0 Å². The van der Waals surface area contributed by atoms with E-state index in [2.05, 4.69) is 5.10 Å². The summed E-state index contributed by atoms with van der Waals surface area (Å²) in [5, 5.41) is 13.5. The highest BCUT2D eigenvalue weighted by Gasteiger charge is 2.18. The topological polar surface area (TPSA) is 64.3 Å². The minimum Gasteiger partial charge on any atom is -0.492 e. The monoisotopic (exact) mass is 274 g/mol. The molecular formula is C15H18N2O3. The number of hydrogen-bond donors (Lipinski definition) is 1. The molecule has 1 aromatic heterocycles. The number of carboxylic acid groups (broad SMARTS) is 1. The van der Waals surface area contributed by atoms with Gasteiger partial charge in [-0.05, 0) is 25.5 Å². The van der Waals surface area contributed by atoms with Gasteiger partial charge in [-0.1, -0.05) is 25.5 Å². The number of nitrogens with zero attached hydrogens (tertiary/aromatic N) is 2. The molecule has 0 spiro atoms. The lowest BCUT2D eigenvalue weighted by Crippen LogP contribution is -2.08. The summed E-state index contributed by atoms with van der Waals surface area (Å²) in [6, 6.07) is 7.50. The van der Waals surface area contributed by atoms with Gasteiger partial charge in [0.25, 0.3) is 0 Å². The maximum atomic E-state index is 11.3. The fourth-order valence-corrected chi connectivity index (χ4v) is 2.15. The Morgan fingerprint density at radius 1 is 1.35 bits per heavy atom. The summed E-state index contributed by atoms with van der Waals surface area (Å²) in [4.78, 5) is 11.3. The number of para-hydroxylation sites is 2. The van der Waals surface area contributed by atoms with E-state index < -0.39 is 5.97 Å². The van der Waals surface area contributed by atoms with Crippen molar-refractivity contribution in [2.45, 2.75) is 26.7 Å². The van der Waals surface area contributed by atoms with Gasteiger partial charge in [-0.25, -0.2) is 9.48 Å². The summed E-state index contributed by atoms with van der Waals surface area (Å²) >= 11 is 0. The van der Waals surface area contributed by atoms with Crippen LogP contribution in [-0.4, -0.2) is 27.5 Å². The zero-order valence-corrected chi connectivity index (χ0v) is 11.7. The first-order valence-corrected chi connectivity index (χ1v) is 6.71. The number of aromatic nitrogens is 2. The summed E-state index contributed by atoms with van der Waals surface area (Å²) in [6.45, 7) is 4.47. The van der Waals surface area contributed by atoms with E-state index in [1.54, 1.807) is 4.68 Å². The van der Waals surface area contributed by atoms with Crippen LogP contribution in [0, 0.1) is 0 Å². The molecule has 0 aliphatic carbocycles. The molecule has 0 aliphatic rings. The van der Waals surface area contributed by atoms with Crippen LogP contribution in [0.2, 0.25) is 0 Å². The van der Waals surface area contributed by atoms with Crippen molar-refractivity contribution in [2.24, 2.45) is 0 Å². The van der Waals surface area contributed by atoms with E-state index in [9.17, 15) is 9.90 Å². The molecule has 2 aromatic rings. The number of carboxylic acids is 1. The van der Waals surface area contributed by atoms with Gasteiger partial charge in [-0.15, -0.1) is 0 Å². The third-order valence-electron chi connectivity index (χ3n) is 2.98. The van der Waals surface area contributed by atoms with Crippen molar-refractivity contribution in [2.75, 3.05) is 6.61 Å². The highest BCUT2D eigenvalue weighted by Crippen LogP contribution is 2.25. The van der Waals surface area contributed by atoms with E-state index >= 15 is 0 Å². The minimum atomic E-state index is -0.950. The summed E-state index contributed by atoms with van der Waals surface area (Å²) in [5.41, 5.74) is 1.72. The van der Waals surface area contributed by atoms with Crippen molar-refractivity contribution in [3.63, 3.8) is 0 Å². The average Bonchev–Trinajstić information content (AvgIpc) is 2.84. The first-order chi connectivity index (χ1) is 9.69. The molecule has 0 bridgehead atoms. The predicted molar refractivity (Wildman–Crippen MR) is 75.7 cm³/mol. The van der Waals surface area contributed by atoms with E-state index in [1.807, 2.05) is 38.1 Å². The first kappa shape index (κ1) is 14.1. The Hall–Kier alpha value is -2.30. The smallest absolute Gasteiger partial charge is 0.339 e. The zero-order valence-electron chi connectivity index (χ0n) is 11.7. The van der Waals surface area contributed by atoms with Crippen LogP contribution in [0.25, 0.3) is 5.69 Å². The number of rotatable bonds is 6. The molecule has 20 heavy (non-hydrogen) atoms. The first-order valence-electron chi connectivity index (χ1n) is 6.71. The molecule has 0 fully saturated rings. The number of ether oxygens (including phenoxy) is 1. The summed E-state index contributed by atoms with van der Waals surface area (Å²) in [5.74, 6) is -0.249. The molecule has 0 unspecified atom stereocenters. The van der Waals surface area contributed by atoms with Crippen LogP contribution in [0.5, 0.6) is 5.75 Å². The second-order valence-electron chi connectivity index (χ2n) is 4.37. The number of hydrogen-bond acceptors (Lipinski definition) is 3. The Bertz CT molecular complexity index is 605. The maximum absolute atomic E-state index is 11.3. The fourth-order valence-electron chi connectivity index (χ4n) is 2.15. The van der Waals surface area contributed by atoms with E-state index in [0.717, 1.165) is 12.1 Å². The SMILES string of the molecule is CCCc1c(C(=O)O)cnn1-c1ccccc1OCC. The average molecular weight is 274 g/mol. The van der Waals surface area contributed by atoms with Crippen molar-refractivity contribution >= 4 is 5.97 Å². The summed E-state index contributed by atoms with van der Waals surface area (Å²) in [6.07, 6.45) is 2.90. The standard InChI is InChI=1S/C15H18N2O3/c1-3-7-12-11(15(18)19)10-16-17(12)13-8-5-6-9-14(13)20-4-2/h5-6,8-10H,3-4,7H2,1-2H3,(H,18,19). The van der Waals surface area contributed by atoms with Crippen LogP contribution in [0.1, 0.15) is 36.3 Å². The molecule has 2 rings (SSSR count). The van der Waals surface area contributed by atoms with Gasteiger partial charge in [0.05, 0.1) is 18.5 Å². The van der Waals surface area contributed by atoms with Gasteiger partial charge in [0.2, 0.25) is 0 Å². The highest BCUT2D eigenvalue weighted by molar-refractivity contribution is 5.88. The van der Waals surface area contributed by atoms with Crippen LogP contribution in [0.4, 0.5) is 0 Å². The summed E-state index contributed by atoms with van der Waals surface area (Å²) < 4.78 is 7.25. The van der Waals surface area contributed by atoms with Gasteiger partial charge in [-0.2, -0.15) is 5.10 Å². The minimum absolute atomic E-state index is 0.248. The van der Waals surface area contributed by atoms with E-state index in [-0.39, 0.29) is 5.56 Å². The Kier molecular flexibility index (Phi) is 4.40. The van der Waals surface area contributed by atoms with Gasteiger partial charge in [0.15, 0.2) is 0 Å². The third kappa shape index (κ3) is 2.66. The molecule has 106 valence electrons. The second kappa shape index (κ2) is 6.23. The van der Waals surface area contributed by atoms with Crippen LogP contribution in [-0.2, 0) is 6.42 Å². The number of aromatic carboxylic acids is 1. The van der Waals surface area contributed by atoms with Crippen LogP contribution < -0.4 is 4.74 Å². The largest absolute Gasteiger partial charge is 0.492 e. The highest BCUT2D eigenvalue weighted by atomic mass is 16.5. The van der Waals surface area contributed by atoms with Crippen LogP contribution >= 0.6 is 0 Å². The molecule has 0 saturated carbocycles. The van der Waals surface area contributed by atoms with Crippen LogP contribution in [0.3, 0.4) is 0 Å². The Morgan fingerprint density at radius 2 is 2.10 bits per heavy atom. The van der Waals surface area contributed by atoms with Crippen molar-refractivity contribution in [3.8, 4) is 11.4 Å². The normalized spacial score (nSPS) is 10.5. The van der Waals surface area contributed by atoms with Crippen LogP contribution in [0.15, 0.2) is 30.5 Å². The Morgan fingerprint density at radius 3 is 2.75 bits per heavy atom. The Labute approximate surface area is 117 Å². The van der Waals surface area contributed by atoms with Gasteiger partial charge < -0.3 is 9.84 Å². The van der Waals surface area contributed by atoms with Gasteiger partial charge in [0, 0.05) is 0 Å². The molecule has 0 radical (unpaired) electrons. The molecule has 0 aliphatic heterocycles. The van der Waals surface area contributed by atoms with Gasteiger partial charge >= 0.3 is 5.97 Å². The maximum Gasteiger partial charge on any atom is 0.339 e. The van der Waals surface area contributed by atoms with Crippen molar-refractivity contribution in [1.82, 2.24) is 9.78 Å². The molecule has 0 atom stereocenters. The number of carbonyl (C=O) groups is 1. The van der Waals surface area contributed by atoms with E-state index in [1.165, 1.54) is 6.20 Å². The Balaban J connectivity index is 2.55. The van der Waals surface area contributed by atoms with Crippen molar-refractivity contribution in [3.05, 3.63) is 41.7 Å². The lowest BCUT2D eigenvalue weighted by Gasteiger charge is -2.12. The van der Waals surface area contributed by atoms with E-state index in [4.69, 9.17) is 4.74 Å². The zero-order chi connectivity index (χ0) is 14.5. The van der Waals surface area contributed by atoms with E-state index in [0.29, 0.717) is 24.5 Å². The predicted octanol–water partition coefficient (Wildman–Crippen LogP) is 2.92. The third-order valence-corrected chi connectivity index (χ3v) is 2.98. The molecule has 1 N–H and O–H groups in total. The molecule has 0 saturated heterocycles. The van der Waals surface area contributed by atoms with Crippen molar-refractivity contribution < 1.29 is 14.6 Å². The lowest BCUT2D eigenvalue weighted by molar-refractivity contribution is 0.0695. The quantitative estimate of drug-likeness (QED) is 0.879. The summed E-state index contributed by atoms with van der Waals surface area (Å²) in [7, 11) is 0. The molecular weight excluding hydrogens is 256 g/mol. The second-order valence-corrected chi connectivity index (χ2v) is 4.37. The molecule has 1 aromatic carbocycles. The van der Waals surface area contributed by atoms with Gasteiger partial charge in [0.1, 0.15) is 17.0 Å².